The Morgan fingerprint density at radius 1 is 0.704 bits per heavy atom. The molecule has 0 aromatic heterocycles. The van der Waals surface area contributed by atoms with Gasteiger partial charge in [0.05, 0.1) is 39.1 Å². The molecule has 1 aliphatic heterocycles. The van der Waals surface area contributed by atoms with Gasteiger partial charge in [0.15, 0.2) is 6.29 Å². The highest BCUT2D eigenvalue weighted by Crippen LogP contribution is 2.34. The van der Waals surface area contributed by atoms with Crippen LogP contribution in [0.3, 0.4) is 0 Å². The Balaban J connectivity index is 3.07. The molecule has 3 unspecified atom stereocenters. The summed E-state index contributed by atoms with van der Waals surface area (Å²) in [6, 6.07) is 0. The van der Waals surface area contributed by atoms with Gasteiger partial charge in [-0.1, -0.05) is 30.4 Å². The lowest BCUT2D eigenvalue weighted by Gasteiger charge is -2.46. The standard InChI is InChI=1S/C22H34O5/c1-6-11-12-18-20(24-14-8-3)21(25-15-9-4)19(17-23-13-7-2)27-22(18)26-16-10-5/h6-10,18-22H,1-5,11-17H2/t18?,19?,20?,21-,22-/m1/s1. The fraction of sp³-hybridized carbons (Fsp3) is 0.545. The van der Waals surface area contributed by atoms with Crippen LogP contribution >= 0.6 is 0 Å². The van der Waals surface area contributed by atoms with E-state index in [0.29, 0.717) is 33.0 Å². The molecule has 1 rings (SSSR count). The first kappa shape index (κ1) is 23.5. The highest BCUT2D eigenvalue weighted by molar-refractivity contribution is 4.94. The highest BCUT2D eigenvalue weighted by atomic mass is 16.7. The highest BCUT2D eigenvalue weighted by Gasteiger charge is 2.47. The third-order valence-electron chi connectivity index (χ3n) is 4.18. The van der Waals surface area contributed by atoms with Crippen molar-refractivity contribution in [2.75, 3.05) is 33.0 Å². The average Bonchev–Trinajstić information content (AvgIpc) is 2.68. The minimum atomic E-state index is -0.446. The SMILES string of the molecule is C=CCCC1C(OCC=C)[C@H](OCC=C)C(COCC=C)O[C@H]1OCC=C. The molecule has 0 radical (unpaired) electrons. The second-order valence-corrected chi connectivity index (χ2v) is 6.19. The van der Waals surface area contributed by atoms with E-state index in [2.05, 4.69) is 32.9 Å². The summed E-state index contributed by atoms with van der Waals surface area (Å²) in [4.78, 5) is 0. The molecule has 0 amide bonds. The maximum Gasteiger partial charge on any atom is 0.164 e. The minimum Gasteiger partial charge on any atom is -0.375 e. The van der Waals surface area contributed by atoms with Gasteiger partial charge in [0, 0.05) is 5.92 Å². The molecule has 27 heavy (non-hydrogen) atoms. The van der Waals surface area contributed by atoms with Crippen LogP contribution in [0.5, 0.6) is 0 Å². The fourth-order valence-corrected chi connectivity index (χ4v) is 3.08. The van der Waals surface area contributed by atoms with E-state index in [1.165, 1.54) is 0 Å². The summed E-state index contributed by atoms with van der Waals surface area (Å²) in [7, 11) is 0. The molecule has 0 spiro atoms. The molecule has 0 aromatic carbocycles. The van der Waals surface area contributed by atoms with Crippen molar-refractivity contribution in [1.29, 1.82) is 0 Å². The molecular weight excluding hydrogens is 344 g/mol. The first-order valence-electron chi connectivity index (χ1n) is 9.35. The van der Waals surface area contributed by atoms with Crippen molar-refractivity contribution < 1.29 is 23.7 Å². The third-order valence-corrected chi connectivity index (χ3v) is 4.18. The topological polar surface area (TPSA) is 46.2 Å². The molecule has 0 aliphatic carbocycles. The molecule has 1 heterocycles. The largest absolute Gasteiger partial charge is 0.375 e. The summed E-state index contributed by atoms with van der Waals surface area (Å²) in [6.07, 6.45) is 9.03. The predicted molar refractivity (Wildman–Crippen MR) is 109 cm³/mol. The first-order chi connectivity index (χ1) is 13.2. The molecular formula is C22H34O5. The molecule has 0 saturated carbocycles. The molecule has 5 nitrogen and oxygen atoms in total. The quantitative estimate of drug-likeness (QED) is 0.302. The van der Waals surface area contributed by atoms with Crippen molar-refractivity contribution >= 4 is 0 Å². The maximum atomic E-state index is 6.24. The molecule has 1 saturated heterocycles. The minimum absolute atomic E-state index is 0.0200. The van der Waals surface area contributed by atoms with E-state index in [4.69, 9.17) is 23.7 Å². The van der Waals surface area contributed by atoms with E-state index in [1.807, 2.05) is 6.08 Å². The van der Waals surface area contributed by atoms with E-state index < -0.39 is 6.29 Å². The number of allylic oxidation sites excluding steroid dienone is 1. The van der Waals surface area contributed by atoms with Crippen LogP contribution in [0.2, 0.25) is 0 Å². The van der Waals surface area contributed by atoms with Gasteiger partial charge in [-0.3, -0.25) is 0 Å². The summed E-state index contributed by atoms with van der Waals surface area (Å²) in [5.74, 6) is -0.0200. The zero-order valence-electron chi connectivity index (χ0n) is 16.3. The maximum absolute atomic E-state index is 6.24. The summed E-state index contributed by atoms with van der Waals surface area (Å²) < 4.78 is 29.9. The number of ether oxygens (including phenoxy) is 5. The van der Waals surface area contributed by atoms with Crippen molar-refractivity contribution in [3.8, 4) is 0 Å². The average molecular weight is 379 g/mol. The zero-order chi connectivity index (χ0) is 19.9. The Morgan fingerprint density at radius 2 is 1.30 bits per heavy atom. The van der Waals surface area contributed by atoms with E-state index in [9.17, 15) is 0 Å². The Hall–Kier alpha value is -1.50. The molecule has 0 aromatic rings. The van der Waals surface area contributed by atoms with Gasteiger partial charge in [0.1, 0.15) is 12.2 Å². The van der Waals surface area contributed by atoms with Crippen molar-refractivity contribution in [2.45, 2.75) is 37.4 Å². The van der Waals surface area contributed by atoms with Gasteiger partial charge >= 0.3 is 0 Å². The third kappa shape index (κ3) is 7.95. The number of hydrogen-bond donors (Lipinski definition) is 0. The van der Waals surface area contributed by atoms with Crippen molar-refractivity contribution in [3.63, 3.8) is 0 Å². The molecule has 5 atom stereocenters. The summed E-state index contributed by atoms with van der Waals surface area (Å²) in [6.45, 7) is 20.7. The van der Waals surface area contributed by atoms with Crippen LogP contribution in [0, 0.1) is 5.92 Å². The lowest BCUT2D eigenvalue weighted by atomic mass is 9.87. The Bertz CT molecular complexity index is 462. The molecule has 1 fully saturated rings. The van der Waals surface area contributed by atoms with Gasteiger partial charge in [-0.25, -0.2) is 0 Å². The molecule has 1 aliphatic rings. The monoisotopic (exact) mass is 378 g/mol. The predicted octanol–water partition coefficient (Wildman–Crippen LogP) is 3.84. The summed E-state index contributed by atoms with van der Waals surface area (Å²) >= 11 is 0. The van der Waals surface area contributed by atoms with Crippen LogP contribution in [-0.4, -0.2) is 57.6 Å². The van der Waals surface area contributed by atoms with Crippen LogP contribution in [0.1, 0.15) is 12.8 Å². The Morgan fingerprint density at radius 3 is 1.89 bits per heavy atom. The summed E-state index contributed by atoms with van der Waals surface area (Å²) in [5.41, 5.74) is 0. The van der Waals surface area contributed by atoms with Crippen LogP contribution in [0.25, 0.3) is 0 Å². The Labute approximate surface area is 164 Å². The van der Waals surface area contributed by atoms with Crippen molar-refractivity contribution in [3.05, 3.63) is 63.3 Å². The van der Waals surface area contributed by atoms with Crippen LogP contribution < -0.4 is 0 Å². The van der Waals surface area contributed by atoms with Gasteiger partial charge in [-0.15, -0.1) is 32.9 Å². The smallest absolute Gasteiger partial charge is 0.164 e. The van der Waals surface area contributed by atoms with Gasteiger partial charge in [-0.05, 0) is 12.8 Å². The zero-order valence-corrected chi connectivity index (χ0v) is 16.3. The molecule has 152 valence electrons. The van der Waals surface area contributed by atoms with E-state index in [-0.39, 0.29) is 24.2 Å². The lowest BCUT2D eigenvalue weighted by molar-refractivity contribution is -0.297. The first-order valence-corrected chi connectivity index (χ1v) is 9.35. The van der Waals surface area contributed by atoms with Crippen molar-refractivity contribution in [1.82, 2.24) is 0 Å². The normalized spacial score (nSPS) is 27.6. The van der Waals surface area contributed by atoms with Crippen LogP contribution in [0.4, 0.5) is 0 Å². The van der Waals surface area contributed by atoms with E-state index >= 15 is 0 Å². The van der Waals surface area contributed by atoms with E-state index in [0.717, 1.165) is 12.8 Å². The number of hydrogen-bond acceptors (Lipinski definition) is 5. The van der Waals surface area contributed by atoms with Gasteiger partial charge in [0.25, 0.3) is 0 Å². The molecule has 5 heteroatoms. The van der Waals surface area contributed by atoms with Crippen LogP contribution in [-0.2, 0) is 23.7 Å². The van der Waals surface area contributed by atoms with E-state index in [1.54, 1.807) is 24.3 Å². The van der Waals surface area contributed by atoms with Gasteiger partial charge in [0.2, 0.25) is 0 Å². The Kier molecular flexibility index (Phi) is 12.7. The van der Waals surface area contributed by atoms with Gasteiger partial charge < -0.3 is 23.7 Å². The fourth-order valence-electron chi connectivity index (χ4n) is 3.08. The van der Waals surface area contributed by atoms with Crippen molar-refractivity contribution in [2.24, 2.45) is 5.92 Å². The second-order valence-electron chi connectivity index (χ2n) is 6.19. The van der Waals surface area contributed by atoms with Gasteiger partial charge in [-0.2, -0.15) is 0 Å². The molecule has 0 N–H and O–H groups in total. The summed E-state index contributed by atoms with van der Waals surface area (Å²) in [5, 5.41) is 0. The van der Waals surface area contributed by atoms with Crippen LogP contribution in [0.15, 0.2) is 63.3 Å². The second kappa shape index (κ2) is 14.5. The molecule has 0 bridgehead atoms. The number of rotatable bonds is 16. The lowest BCUT2D eigenvalue weighted by Crippen LogP contribution is -2.58.